The highest BCUT2D eigenvalue weighted by molar-refractivity contribution is 5.35. The van der Waals surface area contributed by atoms with Crippen molar-refractivity contribution in [3.8, 4) is 11.8 Å². The monoisotopic (exact) mass is 399 g/mol. The van der Waals surface area contributed by atoms with Gasteiger partial charge in [-0.1, -0.05) is 18.2 Å². The zero-order chi connectivity index (χ0) is 20.9. The molecule has 3 rings (SSSR count). The molecule has 0 bridgehead atoms. The number of hydrogen-bond acceptors (Lipinski definition) is 2. The van der Waals surface area contributed by atoms with E-state index in [4.69, 9.17) is 10.00 Å². The Morgan fingerprint density at radius 3 is 2.38 bits per heavy atom. The molecule has 0 amide bonds. The van der Waals surface area contributed by atoms with Gasteiger partial charge in [-0.3, -0.25) is 0 Å². The molecule has 0 radical (unpaired) electrons. The molecule has 1 aliphatic rings. The summed E-state index contributed by atoms with van der Waals surface area (Å²) in [6.07, 6.45) is 5.07. The lowest BCUT2D eigenvalue weighted by atomic mass is 9.77. The number of rotatable bonds is 7. The number of nitriles is 1. The molecule has 1 saturated carbocycles. The van der Waals surface area contributed by atoms with Crippen LogP contribution in [0.15, 0.2) is 55.1 Å². The maximum absolute atomic E-state index is 14.4. The third kappa shape index (κ3) is 5.20. The maximum atomic E-state index is 14.4. The number of allylic oxidation sites excluding steroid dienone is 1. The quantitative estimate of drug-likeness (QED) is 0.467. The van der Waals surface area contributed by atoms with E-state index in [1.807, 2.05) is 18.2 Å². The molecule has 152 valence electrons. The Labute approximate surface area is 169 Å². The van der Waals surface area contributed by atoms with Crippen LogP contribution in [0.25, 0.3) is 0 Å². The molecule has 0 saturated heterocycles. The van der Waals surface area contributed by atoms with Crippen molar-refractivity contribution in [2.75, 3.05) is 0 Å². The first-order valence-corrected chi connectivity index (χ1v) is 9.90. The fraction of sp³-hybridized carbons (Fsp3) is 0.375. The Bertz CT molecular complexity index is 878. The topological polar surface area (TPSA) is 33.0 Å². The second kappa shape index (κ2) is 9.17. The molecule has 2 aromatic carbocycles. The van der Waals surface area contributed by atoms with Crippen molar-refractivity contribution in [2.45, 2.75) is 50.6 Å². The van der Waals surface area contributed by atoms with E-state index in [1.165, 1.54) is 31.4 Å². The van der Waals surface area contributed by atoms with Crippen molar-refractivity contribution in [3.05, 3.63) is 77.6 Å². The van der Waals surface area contributed by atoms with Crippen LogP contribution in [0.4, 0.5) is 13.2 Å². The lowest BCUT2D eigenvalue weighted by Crippen LogP contribution is -2.22. The Balaban J connectivity index is 1.62. The van der Waals surface area contributed by atoms with E-state index in [2.05, 4.69) is 6.58 Å². The highest BCUT2D eigenvalue weighted by atomic mass is 19.3. The Kier molecular flexibility index (Phi) is 6.64. The summed E-state index contributed by atoms with van der Waals surface area (Å²) in [5, 5.41) is 8.72. The molecule has 2 nitrogen and oxygen atoms in total. The number of alkyl halides is 2. The van der Waals surface area contributed by atoms with Gasteiger partial charge in [0.15, 0.2) is 0 Å². The van der Waals surface area contributed by atoms with Crippen molar-refractivity contribution in [2.24, 2.45) is 5.92 Å². The van der Waals surface area contributed by atoms with E-state index in [0.29, 0.717) is 12.0 Å². The van der Waals surface area contributed by atoms with Crippen molar-refractivity contribution >= 4 is 0 Å². The molecular weight excluding hydrogens is 375 g/mol. The highest BCUT2D eigenvalue weighted by Crippen LogP contribution is 2.39. The second-order valence-corrected chi connectivity index (χ2v) is 7.58. The molecule has 5 heteroatoms. The molecule has 0 N–H and O–H groups in total. The Morgan fingerprint density at radius 1 is 1.10 bits per heavy atom. The van der Waals surface area contributed by atoms with Gasteiger partial charge in [0, 0.05) is 0 Å². The molecule has 0 spiro atoms. The zero-order valence-corrected chi connectivity index (χ0v) is 16.2. The average molecular weight is 399 g/mol. The summed E-state index contributed by atoms with van der Waals surface area (Å²) in [5.74, 6) is 0.214. The second-order valence-electron chi connectivity index (χ2n) is 7.58. The van der Waals surface area contributed by atoms with E-state index in [-0.39, 0.29) is 11.3 Å². The zero-order valence-electron chi connectivity index (χ0n) is 16.2. The van der Waals surface area contributed by atoms with Gasteiger partial charge in [0.05, 0.1) is 11.1 Å². The third-order valence-corrected chi connectivity index (χ3v) is 5.65. The molecule has 2 aromatic rings. The van der Waals surface area contributed by atoms with Crippen LogP contribution in [-0.4, -0.2) is 0 Å². The predicted molar refractivity (Wildman–Crippen MR) is 106 cm³/mol. The normalized spacial score (nSPS) is 19.4. The van der Waals surface area contributed by atoms with Crippen molar-refractivity contribution < 1.29 is 17.9 Å². The number of halogens is 3. The summed E-state index contributed by atoms with van der Waals surface area (Å²) in [6, 6.07) is 11.0. The molecule has 0 unspecified atom stereocenters. The SMILES string of the molecule is C=CCCC1CCC(c2ccc(OC(F)(F)c3ccc(C#N)c(F)c3)cc2)CC1. The van der Waals surface area contributed by atoms with Crippen LogP contribution >= 0.6 is 0 Å². The van der Waals surface area contributed by atoms with Crippen molar-refractivity contribution in [1.29, 1.82) is 5.26 Å². The average Bonchev–Trinajstić information content (AvgIpc) is 2.73. The van der Waals surface area contributed by atoms with Crippen LogP contribution in [0.3, 0.4) is 0 Å². The summed E-state index contributed by atoms with van der Waals surface area (Å²) >= 11 is 0. The van der Waals surface area contributed by atoms with Gasteiger partial charge < -0.3 is 4.74 Å². The summed E-state index contributed by atoms with van der Waals surface area (Å²) in [6.45, 7) is 3.78. The van der Waals surface area contributed by atoms with E-state index >= 15 is 0 Å². The smallest absolute Gasteiger partial charge is 0.426 e. The summed E-state index contributed by atoms with van der Waals surface area (Å²) < 4.78 is 47.2. The van der Waals surface area contributed by atoms with E-state index in [0.717, 1.165) is 42.9 Å². The van der Waals surface area contributed by atoms with Gasteiger partial charge in [0.25, 0.3) is 0 Å². The van der Waals surface area contributed by atoms with Gasteiger partial charge in [0.1, 0.15) is 17.6 Å². The lowest BCUT2D eigenvalue weighted by Gasteiger charge is -2.28. The largest absolute Gasteiger partial charge is 0.429 e. The van der Waals surface area contributed by atoms with Crippen LogP contribution in [0.2, 0.25) is 0 Å². The minimum atomic E-state index is -3.69. The number of ether oxygens (including phenoxy) is 1. The molecule has 29 heavy (non-hydrogen) atoms. The number of nitrogens with zero attached hydrogens (tertiary/aromatic N) is 1. The van der Waals surface area contributed by atoms with Crippen LogP contribution in [-0.2, 0) is 6.11 Å². The Hall–Kier alpha value is -2.74. The number of hydrogen-bond donors (Lipinski definition) is 0. The molecule has 1 aliphatic carbocycles. The summed E-state index contributed by atoms with van der Waals surface area (Å²) in [7, 11) is 0. The van der Waals surface area contributed by atoms with Crippen molar-refractivity contribution in [1.82, 2.24) is 0 Å². The minimum Gasteiger partial charge on any atom is -0.429 e. The van der Waals surface area contributed by atoms with E-state index in [1.54, 1.807) is 6.07 Å². The molecule has 0 aromatic heterocycles. The van der Waals surface area contributed by atoms with E-state index in [9.17, 15) is 13.2 Å². The maximum Gasteiger partial charge on any atom is 0.426 e. The fourth-order valence-corrected chi connectivity index (χ4v) is 3.94. The van der Waals surface area contributed by atoms with Crippen LogP contribution in [0.5, 0.6) is 5.75 Å². The van der Waals surface area contributed by atoms with Gasteiger partial charge in [-0.25, -0.2) is 4.39 Å². The summed E-state index contributed by atoms with van der Waals surface area (Å²) in [5.41, 5.74) is 0.219. The number of benzene rings is 2. The highest BCUT2D eigenvalue weighted by Gasteiger charge is 2.35. The third-order valence-electron chi connectivity index (χ3n) is 5.65. The molecule has 1 fully saturated rings. The summed E-state index contributed by atoms with van der Waals surface area (Å²) in [4.78, 5) is 0. The van der Waals surface area contributed by atoms with Crippen LogP contribution in [0.1, 0.15) is 61.1 Å². The Morgan fingerprint density at radius 2 is 1.79 bits per heavy atom. The predicted octanol–water partition coefficient (Wildman–Crippen LogP) is 7.07. The molecule has 0 aliphatic heterocycles. The fourth-order valence-electron chi connectivity index (χ4n) is 3.94. The first kappa shape index (κ1) is 21.0. The van der Waals surface area contributed by atoms with Gasteiger partial charge >= 0.3 is 6.11 Å². The minimum absolute atomic E-state index is 0.0168. The molecular formula is C24H24F3NO. The first-order chi connectivity index (χ1) is 13.9. The lowest BCUT2D eigenvalue weighted by molar-refractivity contribution is -0.185. The van der Waals surface area contributed by atoms with Gasteiger partial charge in [-0.2, -0.15) is 14.0 Å². The molecule has 0 atom stereocenters. The van der Waals surface area contributed by atoms with Gasteiger partial charge in [-0.15, -0.1) is 6.58 Å². The first-order valence-electron chi connectivity index (χ1n) is 9.90. The van der Waals surface area contributed by atoms with Crippen molar-refractivity contribution in [3.63, 3.8) is 0 Å². The molecule has 0 heterocycles. The van der Waals surface area contributed by atoms with Crippen LogP contribution in [0, 0.1) is 23.1 Å². The van der Waals surface area contributed by atoms with E-state index < -0.39 is 17.5 Å². The van der Waals surface area contributed by atoms with Crippen LogP contribution < -0.4 is 4.74 Å². The standard InChI is InChI=1S/C24H24F3NO/c1-2-3-4-17-5-7-18(8-6-17)19-10-13-22(14-11-19)29-24(26,27)21-12-9-20(16-28)23(25)15-21/h2,9-15,17-18H,1,3-8H2. The van der Waals surface area contributed by atoms with Gasteiger partial charge in [0.2, 0.25) is 0 Å². The van der Waals surface area contributed by atoms with Gasteiger partial charge in [-0.05, 0) is 86.3 Å².